The summed E-state index contributed by atoms with van der Waals surface area (Å²) in [4.78, 5) is 25.2. The summed E-state index contributed by atoms with van der Waals surface area (Å²) in [6.45, 7) is 5.41. The van der Waals surface area contributed by atoms with Gasteiger partial charge in [-0.3, -0.25) is 9.59 Å². The number of benzene rings is 1. The van der Waals surface area contributed by atoms with Crippen LogP contribution in [0.2, 0.25) is 0 Å². The van der Waals surface area contributed by atoms with Gasteiger partial charge in [0.2, 0.25) is 10.0 Å². The molecule has 1 saturated heterocycles. The second-order valence-corrected chi connectivity index (χ2v) is 9.41. The Labute approximate surface area is 166 Å². The molecule has 28 heavy (non-hydrogen) atoms. The third-order valence-corrected chi connectivity index (χ3v) is 7.23. The van der Waals surface area contributed by atoms with Crippen LogP contribution in [0.15, 0.2) is 29.2 Å². The molecule has 1 amide bonds. The number of rotatable bonds is 7. The van der Waals surface area contributed by atoms with Gasteiger partial charge in [-0.05, 0) is 38.1 Å². The maximum atomic E-state index is 12.5. The molecule has 0 radical (unpaired) electrons. The lowest BCUT2D eigenvalue weighted by Crippen LogP contribution is -3.14. The zero-order valence-corrected chi connectivity index (χ0v) is 17.7. The van der Waals surface area contributed by atoms with Crippen molar-refractivity contribution >= 4 is 27.6 Å². The standard InChI is InChI=1S/C19H29N3O5S/c1-14(2)21(3)28(25,26)17-7-5-16(6-8-17)20-18(23)13-22-11-9-15(10-12-22)19(24)27-4/h5-8,14-15H,9-13H2,1-4H3,(H,20,23)/p+1. The van der Waals surface area contributed by atoms with E-state index in [1.165, 1.54) is 23.5 Å². The first-order valence-electron chi connectivity index (χ1n) is 9.44. The maximum absolute atomic E-state index is 12.5. The number of likely N-dealkylation sites (tertiary alicyclic amines) is 1. The zero-order chi connectivity index (χ0) is 20.9. The highest BCUT2D eigenvalue weighted by Crippen LogP contribution is 2.19. The smallest absolute Gasteiger partial charge is 0.309 e. The molecule has 1 aliphatic rings. The van der Waals surface area contributed by atoms with Gasteiger partial charge >= 0.3 is 5.97 Å². The first-order chi connectivity index (χ1) is 13.1. The third-order valence-electron chi connectivity index (χ3n) is 5.18. The summed E-state index contributed by atoms with van der Waals surface area (Å²) in [7, 11) is -0.603. The molecule has 1 aliphatic heterocycles. The molecule has 0 aromatic heterocycles. The van der Waals surface area contributed by atoms with Crippen molar-refractivity contribution in [2.75, 3.05) is 39.1 Å². The highest BCUT2D eigenvalue weighted by molar-refractivity contribution is 7.89. The van der Waals surface area contributed by atoms with Crippen molar-refractivity contribution in [3.8, 4) is 0 Å². The average molecular weight is 413 g/mol. The topological polar surface area (TPSA) is 97.2 Å². The number of nitrogens with zero attached hydrogens (tertiary/aromatic N) is 1. The summed E-state index contributed by atoms with van der Waals surface area (Å²) >= 11 is 0. The van der Waals surface area contributed by atoms with Gasteiger partial charge in [-0.1, -0.05) is 0 Å². The molecule has 0 bridgehead atoms. The number of nitrogens with one attached hydrogen (secondary N) is 2. The molecule has 1 aromatic rings. The molecule has 0 unspecified atom stereocenters. The van der Waals surface area contributed by atoms with E-state index in [1.807, 2.05) is 13.8 Å². The van der Waals surface area contributed by atoms with Gasteiger partial charge in [-0.2, -0.15) is 4.31 Å². The fourth-order valence-electron chi connectivity index (χ4n) is 3.19. The molecule has 0 aliphatic carbocycles. The van der Waals surface area contributed by atoms with E-state index in [4.69, 9.17) is 4.74 Å². The van der Waals surface area contributed by atoms with Crippen LogP contribution in [0.1, 0.15) is 26.7 Å². The van der Waals surface area contributed by atoms with Crippen molar-refractivity contribution in [1.82, 2.24) is 4.31 Å². The molecular formula is C19H30N3O5S+. The Balaban J connectivity index is 1.89. The fourth-order valence-corrected chi connectivity index (χ4v) is 4.56. The summed E-state index contributed by atoms with van der Waals surface area (Å²) in [6, 6.07) is 6.04. The Morgan fingerprint density at radius 3 is 2.29 bits per heavy atom. The van der Waals surface area contributed by atoms with E-state index in [1.54, 1.807) is 19.2 Å². The molecule has 9 heteroatoms. The molecule has 0 spiro atoms. The van der Waals surface area contributed by atoms with Crippen LogP contribution in [0, 0.1) is 5.92 Å². The molecule has 8 nitrogen and oxygen atoms in total. The lowest BCUT2D eigenvalue weighted by Gasteiger charge is -2.27. The first-order valence-corrected chi connectivity index (χ1v) is 10.9. The monoisotopic (exact) mass is 412 g/mol. The SMILES string of the molecule is COC(=O)C1CC[NH+](CC(=O)Nc2ccc(S(=O)(=O)N(C)C(C)C)cc2)CC1. The predicted molar refractivity (Wildman–Crippen MR) is 105 cm³/mol. The van der Waals surface area contributed by atoms with E-state index < -0.39 is 10.0 Å². The van der Waals surface area contributed by atoms with E-state index in [9.17, 15) is 18.0 Å². The van der Waals surface area contributed by atoms with Gasteiger partial charge in [0, 0.05) is 31.6 Å². The predicted octanol–water partition coefficient (Wildman–Crippen LogP) is 0.122. The van der Waals surface area contributed by atoms with Crippen molar-refractivity contribution in [3.05, 3.63) is 24.3 Å². The number of sulfonamides is 1. The molecule has 2 rings (SSSR count). The van der Waals surface area contributed by atoms with E-state index in [0.717, 1.165) is 18.0 Å². The summed E-state index contributed by atoms with van der Waals surface area (Å²) in [5.74, 6) is -0.390. The summed E-state index contributed by atoms with van der Waals surface area (Å²) in [5, 5.41) is 2.81. The van der Waals surface area contributed by atoms with Crippen LogP contribution in [0.5, 0.6) is 0 Å². The van der Waals surface area contributed by atoms with Gasteiger partial charge in [-0.25, -0.2) is 8.42 Å². The Morgan fingerprint density at radius 2 is 1.79 bits per heavy atom. The molecule has 2 N–H and O–H groups in total. The highest BCUT2D eigenvalue weighted by atomic mass is 32.2. The van der Waals surface area contributed by atoms with E-state index in [0.29, 0.717) is 25.1 Å². The number of esters is 1. The van der Waals surface area contributed by atoms with Crippen LogP contribution < -0.4 is 10.2 Å². The van der Waals surface area contributed by atoms with Gasteiger partial charge in [0.1, 0.15) is 0 Å². The van der Waals surface area contributed by atoms with E-state index in [-0.39, 0.29) is 28.7 Å². The molecule has 1 aromatic carbocycles. The Hall–Kier alpha value is -1.97. The first kappa shape index (κ1) is 22.3. The van der Waals surface area contributed by atoms with E-state index >= 15 is 0 Å². The minimum atomic E-state index is -3.54. The quantitative estimate of drug-likeness (QED) is 0.620. The maximum Gasteiger partial charge on any atom is 0.309 e. The lowest BCUT2D eigenvalue weighted by atomic mass is 9.97. The third kappa shape index (κ3) is 5.52. The van der Waals surface area contributed by atoms with Crippen LogP contribution in [-0.2, 0) is 24.3 Å². The van der Waals surface area contributed by atoms with Gasteiger partial charge in [0.05, 0.1) is 31.0 Å². The number of hydrogen-bond donors (Lipinski definition) is 2. The van der Waals surface area contributed by atoms with Crippen molar-refractivity contribution in [1.29, 1.82) is 0 Å². The van der Waals surface area contributed by atoms with Crippen LogP contribution in [0.3, 0.4) is 0 Å². The Morgan fingerprint density at radius 1 is 1.21 bits per heavy atom. The van der Waals surface area contributed by atoms with Crippen molar-refractivity contribution < 1.29 is 27.6 Å². The Kier molecular flexibility index (Phi) is 7.56. The summed E-state index contributed by atoms with van der Waals surface area (Å²) in [6.07, 6.45) is 1.43. The second kappa shape index (κ2) is 9.49. The number of carbonyl (C=O) groups excluding carboxylic acids is 2. The van der Waals surface area contributed by atoms with Crippen molar-refractivity contribution in [3.63, 3.8) is 0 Å². The number of carbonyl (C=O) groups is 2. The van der Waals surface area contributed by atoms with Crippen molar-refractivity contribution in [2.45, 2.75) is 37.6 Å². The van der Waals surface area contributed by atoms with Gasteiger partial charge in [0.15, 0.2) is 6.54 Å². The number of quaternary nitrogens is 1. The van der Waals surface area contributed by atoms with Crippen molar-refractivity contribution in [2.24, 2.45) is 5.92 Å². The molecule has 0 saturated carbocycles. The van der Waals surface area contributed by atoms with Crippen LogP contribution in [0.25, 0.3) is 0 Å². The van der Waals surface area contributed by atoms with Crippen LogP contribution in [0.4, 0.5) is 5.69 Å². The minimum Gasteiger partial charge on any atom is -0.469 e. The molecule has 1 heterocycles. The largest absolute Gasteiger partial charge is 0.469 e. The summed E-state index contributed by atoms with van der Waals surface area (Å²) in [5.41, 5.74) is 0.556. The number of hydrogen-bond acceptors (Lipinski definition) is 5. The van der Waals surface area contributed by atoms with Crippen LogP contribution >= 0.6 is 0 Å². The molecule has 1 fully saturated rings. The average Bonchev–Trinajstić information content (AvgIpc) is 2.67. The second-order valence-electron chi connectivity index (χ2n) is 7.41. The molecule has 156 valence electrons. The number of ether oxygens (including phenoxy) is 1. The molecular weight excluding hydrogens is 382 g/mol. The Bertz CT molecular complexity index is 784. The minimum absolute atomic E-state index is 0.0738. The summed E-state index contributed by atoms with van der Waals surface area (Å²) < 4.78 is 31.0. The van der Waals surface area contributed by atoms with Gasteiger partial charge in [0.25, 0.3) is 5.91 Å². The van der Waals surface area contributed by atoms with E-state index in [2.05, 4.69) is 5.32 Å². The normalized spacial score (nSPS) is 20.2. The highest BCUT2D eigenvalue weighted by Gasteiger charge is 2.29. The van der Waals surface area contributed by atoms with Gasteiger partial charge in [-0.15, -0.1) is 0 Å². The number of anilines is 1. The lowest BCUT2D eigenvalue weighted by molar-refractivity contribution is -0.897. The van der Waals surface area contributed by atoms with Crippen LogP contribution in [-0.4, -0.2) is 64.4 Å². The number of piperidine rings is 1. The number of amides is 1. The number of methoxy groups -OCH3 is 1. The molecule has 0 atom stereocenters. The fraction of sp³-hybridized carbons (Fsp3) is 0.579. The van der Waals surface area contributed by atoms with Gasteiger partial charge < -0.3 is 15.0 Å². The zero-order valence-electron chi connectivity index (χ0n) is 16.9.